The second-order valence-corrected chi connectivity index (χ2v) is 8.57. The summed E-state index contributed by atoms with van der Waals surface area (Å²) in [7, 11) is 1.43. The number of unbranched alkanes of at least 4 members (excludes halogenated alkanes) is 8. The van der Waals surface area contributed by atoms with Crippen molar-refractivity contribution in [3.8, 4) is 5.75 Å². The summed E-state index contributed by atoms with van der Waals surface area (Å²) in [4.78, 5) is 23.5. The summed E-state index contributed by atoms with van der Waals surface area (Å²) in [6, 6.07) is 6.93. The van der Waals surface area contributed by atoms with Crippen molar-refractivity contribution in [2.24, 2.45) is 0 Å². The number of methoxy groups -OCH3 is 1. The number of carbonyl (C=O) groups excluding carboxylic acids is 2. The minimum Gasteiger partial charge on any atom is -0.508 e. The smallest absolute Gasteiger partial charge is 0.305 e. The predicted molar refractivity (Wildman–Crippen MR) is 136 cm³/mol. The van der Waals surface area contributed by atoms with E-state index < -0.39 is 0 Å². The zero-order chi connectivity index (χ0) is 24.2. The summed E-state index contributed by atoms with van der Waals surface area (Å²) in [5.41, 5.74) is 0.882. The second-order valence-electron chi connectivity index (χ2n) is 8.57. The molecule has 0 aliphatic carbocycles. The van der Waals surface area contributed by atoms with Gasteiger partial charge in [-0.05, 0) is 55.9 Å². The maximum Gasteiger partial charge on any atom is 0.305 e. The molecule has 0 radical (unpaired) electrons. The molecule has 5 nitrogen and oxygen atoms in total. The molecule has 0 aromatic heterocycles. The zero-order valence-electron chi connectivity index (χ0n) is 20.6. The van der Waals surface area contributed by atoms with E-state index in [0.29, 0.717) is 6.42 Å². The Bertz CT molecular complexity index is 709. The SMILES string of the molecule is CCCCCCC(C/C=C\CCCCCCCC(=O)OC)NC(=O)/C=C/c1ccc(O)cc1. The first-order chi connectivity index (χ1) is 16.0. The van der Waals surface area contributed by atoms with Crippen LogP contribution in [-0.2, 0) is 14.3 Å². The van der Waals surface area contributed by atoms with Crippen molar-refractivity contribution in [1.29, 1.82) is 0 Å². The molecule has 0 spiro atoms. The molecule has 1 atom stereocenters. The monoisotopic (exact) mass is 457 g/mol. The Labute approximate surface area is 200 Å². The van der Waals surface area contributed by atoms with Gasteiger partial charge < -0.3 is 15.2 Å². The summed E-state index contributed by atoms with van der Waals surface area (Å²) in [5, 5.41) is 12.5. The summed E-state index contributed by atoms with van der Waals surface area (Å²) in [6.07, 6.45) is 21.4. The molecule has 0 fully saturated rings. The molecule has 1 aromatic rings. The fourth-order valence-electron chi connectivity index (χ4n) is 3.62. The van der Waals surface area contributed by atoms with Crippen LogP contribution in [0.4, 0.5) is 0 Å². The molecular formula is C28H43NO4. The number of phenols is 1. The number of ether oxygens (including phenoxy) is 1. The summed E-state index contributed by atoms with van der Waals surface area (Å²) < 4.78 is 4.65. The zero-order valence-corrected chi connectivity index (χ0v) is 20.6. The van der Waals surface area contributed by atoms with Crippen LogP contribution in [0.25, 0.3) is 6.08 Å². The molecule has 33 heavy (non-hydrogen) atoms. The van der Waals surface area contributed by atoms with Crippen LogP contribution in [-0.4, -0.2) is 30.1 Å². The van der Waals surface area contributed by atoms with Crippen LogP contribution in [0.5, 0.6) is 5.75 Å². The van der Waals surface area contributed by atoms with E-state index in [-0.39, 0.29) is 23.7 Å². The number of benzene rings is 1. The standard InChI is InChI=1S/C28H43NO4/c1-3-4-5-12-15-25(29-27(31)23-20-24-18-21-26(30)22-19-24)16-13-10-8-6-7-9-11-14-17-28(32)33-2/h10,13,18-23,25,30H,3-9,11-12,14-17H2,1-2H3,(H,29,31)/b13-10-,23-20+. The van der Waals surface area contributed by atoms with Crippen molar-refractivity contribution in [2.45, 2.75) is 96.4 Å². The highest BCUT2D eigenvalue weighted by Crippen LogP contribution is 2.13. The minimum atomic E-state index is -0.120. The van der Waals surface area contributed by atoms with E-state index in [2.05, 4.69) is 29.1 Å². The Kier molecular flexibility index (Phi) is 16.4. The van der Waals surface area contributed by atoms with Gasteiger partial charge in [0, 0.05) is 18.5 Å². The number of aromatic hydroxyl groups is 1. The Morgan fingerprint density at radius 1 is 0.970 bits per heavy atom. The molecule has 0 aliphatic rings. The number of esters is 1. The summed E-state index contributed by atoms with van der Waals surface area (Å²) >= 11 is 0. The van der Waals surface area contributed by atoms with Crippen molar-refractivity contribution < 1.29 is 19.4 Å². The van der Waals surface area contributed by atoms with Crippen LogP contribution >= 0.6 is 0 Å². The number of hydrogen-bond donors (Lipinski definition) is 2. The van der Waals surface area contributed by atoms with Gasteiger partial charge in [0.2, 0.25) is 5.91 Å². The first-order valence-corrected chi connectivity index (χ1v) is 12.5. The summed E-state index contributed by atoms with van der Waals surface area (Å²) in [5.74, 6) is 0.0168. The molecular weight excluding hydrogens is 414 g/mol. The maximum absolute atomic E-state index is 12.4. The molecule has 0 aliphatic heterocycles. The first-order valence-electron chi connectivity index (χ1n) is 12.5. The quantitative estimate of drug-likeness (QED) is 0.111. The average molecular weight is 458 g/mol. The normalized spacial score (nSPS) is 12.3. The van der Waals surface area contributed by atoms with E-state index in [1.165, 1.54) is 32.8 Å². The molecule has 2 N–H and O–H groups in total. The molecule has 0 saturated carbocycles. The van der Waals surface area contributed by atoms with Gasteiger partial charge in [-0.3, -0.25) is 9.59 Å². The van der Waals surface area contributed by atoms with Gasteiger partial charge in [0.25, 0.3) is 0 Å². The lowest BCUT2D eigenvalue weighted by atomic mass is 10.0. The molecule has 0 saturated heterocycles. The maximum atomic E-state index is 12.4. The van der Waals surface area contributed by atoms with Gasteiger partial charge in [0.05, 0.1) is 7.11 Å². The van der Waals surface area contributed by atoms with Gasteiger partial charge in [-0.15, -0.1) is 0 Å². The lowest BCUT2D eigenvalue weighted by molar-refractivity contribution is -0.140. The second kappa shape index (κ2) is 19.0. The highest BCUT2D eigenvalue weighted by atomic mass is 16.5. The predicted octanol–water partition coefficient (Wildman–Crippen LogP) is 6.71. The van der Waals surface area contributed by atoms with Crippen LogP contribution in [0, 0.1) is 0 Å². The van der Waals surface area contributed by atoms with Crippen molar-refractivity contribution in [1.82, 2.24) is 5.32 Å². The van der Waals surface area contributed by atoms with Crippen LogP contribution in [0.15, 0.2) is 42.5 Å². The molecule has 184 valence electrons. The summed E-state index contributed by atoms with van der Waals surface area (Å²) in [6.45, 7) is 2.20. The van der Waals surface area contributed by atoms with E-state index in [0.717, 1.165) is 56.9 Å². The number of hydrogen-bond acceptors (Lipinski definition) is 4. The third-order valence-corrected chi connectivity index (χ3v) is 5.64. The molecule has 1 rings (SSSR count). The van der Waals surface area contributed by atoms with E-state index in [1.807, 2.05) is 0 Å². The number of phenolic OH excluding ortho intramolecular Hbond substituents is 1. The fourth-order valence-corrected chi connectivity index (χ4v) is 3.62. The molecule has 0 heterocycles. The van der Waals surface area contributed by atoms with E-state index in [9.17, 15) is 14.7 Å². The average Bonchev–Trinajstić information content (AvgIpc) is 2.82. The first kappa shape index (κ1) is 28.5. The fraction of sp³-hybridized carbons (Fsp3) is 0.571. The molecule has 0 bridgehead atoms. The van der Waals surface area contributed by atoms with Gasteiger partial charge in [0.1, 0.15) is 5.75 Å². The Balaban J connectivity index is 2.33. The van der Waals surface area contributed by atoms with Crippen LogP contribution < -0.4 is 5.32 Å². The highest BCUT2D eigenvalue weighted by Gasteiger charge is 2.09. The highest BCUT2D eigenvalue weighted by molar-refractivity contribution is 5.91. The van der Waals surface area contributed by atoms with Crippen LogP contribution in [0.3, 0.4) is 0 Å². The van der Waals surface area contributed by atoms with E-state index >= 15 is 0 Å². The Morgan fingerprint density at radius 3 is 2.39 bits per heavy atom. The number of allylic oxidation sites excluding steroid dienone is 1. The molecule has 1 amide bonds. The van der Waals surface area contributed by atoms with Crippen molar-refractivity contribution in [3.63, 3.8) is 0 Å². The van der Waals surface area contributed by atoms with Crippen molar-refractivity contribution in [2.75, 3.05) is 7.11 Å². The largest absolute Gasteiger partial charge is 0.508 e. The van der Waals surface area contributed by atoms with Gasteiger partial charge in [-0.1, -0.05) is 76.2 Å². The van der Waals surface area contributed by atoms with Gasteiger partial charge in [-0.25, -0.2) is 0 Å². The number of rotatable bonds is 18. The topological polar surface area (TPSA) is 75.6 Å². The molecule has 5 heteroatoms. The number of carbonyl (C=O) groups is 2. The Hall–Kier alpha value is -2.56. The lowest BCUT2D eigenvalue weighted by Crippen LogP contribution is -2.33. The Morgan fingerprint density at radius 2 is 1.67 bits per heavy atom. The lowest BCUT2D eigenvalue weighted by Gasteiger charge is -2.16. The number of amides is 1. The van der Waals surface area contributed by atoms with Crippen LogP contribution in [0.2, 0.25) is 0 Å². The van der Waals surface area contributed by atoms with E-state index in [4.69, 9.17) is 0 Å². The van der Waals surface area contributed by atoms with Crippen LogP contribution in [0.1, 0.15) is 96.0 Å². The number of nitrogens with one attached hydrogen (secondary N) is 1. The van der Waals surface area contributed by atoms with Crippen molar-refractivity contribution in [3.05, 3.63) is 48.1 Å². The van der Waals surface area contributed by atoms with E-state index in [1.54, 1.807) is 36.4 Å². The molecule has 1 unspecified atom stereocenters. The third kappa shape index (κ3) is 15.8. The minimum absolute atomic E-state index is 0.0797. The third-order valence-electron chi connectivity index (χ3n) is 5.64. The van der Waals surface area contributed by atoms with Crippen molar-refractivity contribution >= 4 is 18.0 Å². The van der Waals surface area contributed by atoms with Gasteiger partial charge in [0.15, 0.2) is 0 Å². The van der Waals surface area contributed by atoms with Gasteiger partial charge >= 0.3 is 5.97 Å². The molecule has 1 aromatic carbocycles. The van der Waals surface area contributed by atoms with Gasteiger partial charge in [-0.2, -0.15) is 0 Å².